The fourth-order valence-corrected chi connectivity index (χ4v) is 2.14. The third-order valence-electron chi connectivity index (χ3n) is 3.18. The largest absolute Gasteiger partial charge is 0.497 e. The summed E-state index contributed by atoms with van der Waals surface area (Å²) in [5.74, 6) is 0.473. The first-order chi connectivity index (χ1) is 10.6. The number of hydrogen-bond donors (Lipinski definition) is 2. The molecule has 0 spiro atoms. The molecule has 118 valence electrons. The average molecular weight is 304 g/mol. The maximum absolute atomic E-state index is 12.1. The van der Waals surface area contributed by atoms with Crippen LogP contribution in [0, 0.1) is 0 Å². The van der Waals surface area contributed by atoms with Crippen molar-refractivity contribution < 1.29 is 14.6 Å². The van der Waals surface area contributed by atoms with Gasteiger partial charge in [-0.1, -0.05) is 19.1 Å². The zero-order valence-corrected chi connectivity index (χ0v) is 12.9. The van der Waals surface area contributed by atoms with E-state index in [2.05, 4.69) is 15.6 Å². The third-order valence-corrected chi connectivity index (χ3v) is 3.18. The van der Waals surface area contributed by atoms with Gasteiger partial charge < -0.3 is 15.2 Å². The van der Waals surface area contributed by atoms with Crippen LogP contribution in [-0.2, 0) is 0 Å². The van der Waals surface area contributed by atoms with E-state index in [-0.39, 0.29) is 30.7 Å². The molecule has 2 N–H and O–H groups in total. The molecular weight excluding hydrogens is 284 g/mol. The van der Waals surface area contributed by atoms with E-state index in [0.717, 1.165) is 17.1 Å². The Morgan fingerprint density at radius 3 is 2.59 bits per heavy atom. The van der Waals surface area contributed by atoms with E-state index in [9.17, 15) is 4.79 Å². The zero-order valence-electron chi connectivity index (χ0n) is 12.9. The maximum atomic E-state index is 12.1. The Kier molecular flexibility index (Phi) is 5.11. The highest BCUT2D eigenvalue weighted by Gasteiger charge is 2.22. The van der Waals surface area contributed by atoms with Crippen LogP contribution >= 0.6 is 0 Å². The van der Waals surface area contributed by atoms with Gasteiger partial charge in [0.1, 0.15) is 5.75 Å². The van der Waals surface area contributed by atoms with Crippen LogP contribution < -0.4 is 10.1 Å². The number of aliphatic hydroxyl groups is 1. The Bertz CT molecular complexity index is 635. The molecule has 0 aliphatic rings. The molecular formula is C15H20N4O3. The highest BCUT2D eigenvalue weighted by atomic mass is 16.5. The molecule has 2 aromatic rings. The molecule has 0 saturated carbocycles. The van der Waals surface area contributed by atoms with E-state index in [0.29, 0.717) is 0 Å². The van der Waals surface area contributed by atoms with Crippen LogP contribution in [-0.4, -0.2) is 46.3 Å². The molecule has 1 aromatic carbocycles. The quantitative estimate of drug-likeness (QED) is 0.835. The van der Waals surface area contributed by atoms with Crippen LogP contribution in [0.1, 0.15) is 35.9 Å². The fraction of sp³-hybridized carbons (Fsp3) is 0.400. The van der Waals surface area contributed by atoms with Gasteiger partial charge >= 0.3 is 0 Å². The predicted molar refractivity (Wildman–Crippen MR) is 81.4 cm³/mol. The molecule has 1 amide bonds. The minimum absolute atomic E-state index is 0.0620. The van der Waals surface area contributed by atoms with Crippen LogP contribution in [0.5, 0.6) is 5.75 Å². The molecule has 0 fully saturated rings. The number of carbonyl (C=O) groups excluding carboxylic acids is 1. The van der Waals surface area contributed by atoms with Crippen molar-refractivity contribution in [2.45, 2.75) is 19.8 Å². The first-order valence-electron chi connectivity index (χ1n) is 7.07. The molecule has 7 heteroatoms. The molecule has 0 aliphatic carbocycles. The number of aromatic nitrogens is 3. The highest BCUT2D eigenvalue weighted by Crippen LogP contribution is 2.22. The number of amides is 1. The number of nitrogens with zero attached hydrogens (tertiary/aromatic N) is 3. The van der Waals surface area contributed by atoms with E-state index in [1.54, 1.807) is 11.8 Å². The summed E-state index contributed by atoms with van der Waals surface area (Å²) in [4.78, 5) is 12.1. The number of rotatable bonds is 6. The highest BCUT2D eigenvalue weighted by molar-refractivity contribution is 5.93. The van der Waals surface area contributed by atoms with Crippen molar-refractivity contribution in [2.75, 3.05) is 20.3 Å². The molecule has 0 bridgehead atoms. The Hall–Kier alpha value is -2.41. The summed E-state index contributed by atoms with van der Waals surface area (Å²) in [5.41, 5.74) is 1.80. The van der Waals surface area contributed by atoms with E-state index in [4.69, 9.17) is 9.84 Å². The van der Waals surface area contributed by atoms with E-state index >= 15 is 0 Å². The van der Waals surface area contributed by atoms with Crippen molar-refractivity contribution in [3.05, 3.63) is 35.7 Å². The second-order valence-electron chi connectivity index (χ2n) is 5.07. The molecule has 7 nitrogen and oxygen atoms in total. The molecule has 0 aliphatic heterocycles. The number of benzene rings is 1. The van der Waals surface area contributed by atoms with Crippen molar-refractivity contribution in [3.8, 4) is 11.4 Å². The summed E-state index contributed by atoms with van der Waals surface area (Å²) in [6, 6.07) is 7.36. The van der Waals surface area contributed by atoms with Gasteiger partial charge in [-0.25, -0.2) is 4.68 Å². The van der Waals surface area contributed by atoms with E-state index in [1.807, 2.05) is 38.1 Å². The molecule has 0 radical (unpaired) electrons. The normalized spacial score (nSPS) is 10.8. The SMILES string of the molecule is COc1ccc(-n2nnc(C(=O)NCCO)c2C(C)C)cc1. The number of nitrogens with one attached hydrogen (secondary N) is 1. The van der Waals surface area contributed by atoms with Gasteiger partial charge in [-0.05, 0) is 30.2 Å². The topological polar surface area (TPSA) is 89.3 Å². The van der Waals surface area contributed by atoms with Crippen molar-refractivity contribution in [2.24, 2.45) is 0 Å². The number of carbonyl (C=O) groups is 1. The standard InChI is InChI=1S/C15H20N4O3/c1-10(2)14-13(15(21)16-8-9-20)17-18-19(14)11-4-6-12(22-3)7-5-11/h4-7,10,20H,8-9H2,1-3H3,(H,16,21). The van der Waals surface area contributed by atoms with Gasteiger partial charge in [0.2, 0.25) is 0 Å². The molecule has 22 heavy (non-hydrogen) atoms. The first kappa shape index (κ1) is 16.0. The van der Waals surface area contributed by atoms with Gasteiger partial charge in [0.15, 0.2) is 5.69 Å². The van der Waals surface area contributed by atoms with Crippen molar-refractivity contribution in [1.82, 2.24) is 20.3 Å². The lowest BCUT2D eigenvalue weighted by atomic mass is 10.1. The zero-order chi connectivity index (χ0) is 16.1. The lowest BCUT2D eigenvalue weighted by Gasteiger charge is -2.11. The monoisotopic (exact) mass is 304 g/mol. The smallest absolute Gasteiger partial charge is 0.273 e. The van der Waals surface area contributed by atoms with Crippen molar-refractivity contribution >= 4 is 5.91 Å². The summed E-state index contributed by atoms with van der Waals surface area (Å²) in [5, 5.41) is 19.5. The number of aliphatic hydroxyl groups excluding tert-OH is 1. The lowest BCUT2D eigenvalue weighted by molar-refractivity contribution is 0.0938. The first-order valence-corrected chi connectivity index (χ1v) is 7.07. The van der Waals surface area contributed by atoms with Gasteiger partial charge in [-0.2, -0.15) is 0 Å². The van der Waals surface area contributed by atoms with Crippen LogP contribution in [0.15, 0.2) is 24.3 Å². The van der Waals surface area contributed by atoms with Gasteiger partial charge in [0, 0.05) is 6.54 Å². The Morgan fingerprint density at radius 2 is 2.05 bits per heavy atom. The van der Waals surface area contributed by atoms with Gasteiger partial charge in [0.05, 0.1) is 25.1 Å². The summed E-state index contributed by atoms with van der Waals surface area (Å²) in [7, 11) is 1.60. The summed E-state index contributed by atoms with van der Waals surface area (Å²) < 4.78 is 6.79. The second kappa shape index (κ2) is 7.04. The van der Waals surface area contributed by atoms with Crippen LogP contribution in [0.25, 0.3) is 5.69 Å². The van der Waals surface area contributed by atoms with E-state index in [1.165, 1.54) is 0 Å². The summed E-state index contributed by atoms with van der Waals surface area (Å²) >= 11 is 0. The molecule has 1 aromatic heterocycles. The Balaban J connectivity index is 2.39. The van der Waals surface area contributed by atoms with Crippen LogP contribution in [0.3, 0.4) is 0 Å². The van der Waals surface area contributed by atoms with Crippen molar-refractivity contribution in [1.29, 1.82) is 0 Å². The average Bonchev–Trinajstić information content (AvgIpc) is 2.98. The summed E-state index contributed by atoms with van der Waals surface area (Å²) in [6.45, 7) is 4.02. The molecule has 1 heterocycles. The van der Waals surface area contributed by atoms with E-state index < -0.39 is 0 Å². The number of hydrogen-bond acceptors (Lipinski definition) is 5. The lowest BCUT2D eigenvalue weighted by Crippen LogP contribution is -2.28. The van der Waals surface area contributed by atoms with Gasteiger partial charge in [-0.15, -0.1) is 5.10 Å². The van der Waals surface area contributed by atoms with Crippen LogP contribution in [0.4, 0.5) is 0 Å². The molecule has 0 unspecified atom stereocenters. The maximum Gasteiger partial charge on any atom is 0.273 e. The fourth-order valence-electron chi connectivity index (χ4n) is 2.14. The molecule has 2 rings (SSSR count). The predicted octanol–water partition coefficient (Wildman–Crippen LogP) is 1.12. The molecule has 0 saturated heterocycles. The number of methoxy groups -OCH3 is 1. The second-order valence-corrected chi connectivity index (χ2v) is 5.07. The Labute approximate surface area is 128 Å². The number of ether oxygens (including phenoxy) is 1. The molecule has 0 atom stereocenters. The van der Waals surface area contributed by atoms with Crippen molar-refractivity contribution in [3.63, 3.8) is 0 Å². The minimum atomic E-state index is -0.336. The minimum Gasteiger partial charge on any atom is -0.497 e. The third kappa shape index (κ3) is 3.25. The van der Waals surface area contributed by atoms with Crippen LogP contribution in [0.2, 0.25) is 0 Å². The Morgan fingerprint density at radius 1 is 1.36 bits per heavy atom. The van der Waals surface area contributed by atoms with Gasteiger partial charge in [-0.3, -0.25) is 4.79 Å². The van der Waals surface area contributed by atoms with Gasteiger partial charge in [0.25, 0.3) is 5.91 Å². The summed E-state index contributed by atoms with van der Waals surface area (Å²) in [6.07, 6.45) is 0.